The summed E-state index contributed by atoms with van der Waals surface area (Å²) >= 11 is 0. The first kappa shape index (κ1) is 17.8. The second kappa shape index (κ2) is 7.09. The van der Waals surface area contributed by atoms with Gasteiger partial charge in [0.25, 0.3) is 0 Å². The number of para-hydroxylation sites is 1. The van der Waals surface area contributed by atoms with Gasteiger partial charge in [-0.25, -0.2) is 4.68 Å². The number of rotatable bonds is 7. The molecular formula is C18H23N2O4Si. The maximum atomic E-state index is 12.9. The lowest BCUT2D eigenvalue weighted by Crippen LogP contribution is -2.32. The van der Waals surface area contributed by atoms with Crippen LogP contribution in [0.4, 0.5) is 0 Å². The molecule has 2 aromatic rings. The third-order valence-corrected chi connectivity index (χ3v) is 5.81. The van der Waals surface area contributed by atoms with Gasteiger partial charge in [0.15, 0.2) is 0 Å². The summed E-state index contributed by atoms with van der Waals surface area (Å²) in [6, 6.07) is 8.36. The summed E-state index contributed by atoms with van der Waals surface area (Å²) in [5.74, 6) is -0.385. The molecule has 6 nitrogen and oxygen atoms in total. The third kappa shape index (κ3) is 3.39. The number of fused-ring (bicyclic) bond motifs is 1. The van der Waals surface area contributed by atoms with Crippen molar-refractivity contribution in [1.82, 2.24) is 9.78 Å². The van der Waals surface area contributed by atoms with Gasteiger partial charge in [-0.05, 0) is 31.0 Å². The number of benzene rings is 1. The van der Waals surface area contributed by atoms with Crippen LogP contribution in [-0.2, 0) is 26.4 Å². The van der Waals surface area contributed by atoms with E-state index in [4.69, 9.17) is 9.47 Å². The average molecular weight is 359 g/mol. The van der Waals surface area contributed by atoms with Gasteiger partial charge in [-0.3, -0.25) is 9.59 Å². The molecule has 1 heterocycles. The topological polar surface area (TPSA) is 70.4 Å². The van der Waals surface area contributed by atoms with E-state index in [9.17, 15) is 9.59 Å². The van der Waals surface area contributed by atoms with Crippen LogP contribution in [0, 0.1) is 0 Å². The Bertz CT molecular complexity index is 843. The minimum atomic E-state index is -0.888. The van der Waals surface area contributed by atoms with E-state index in [1.54, 1.807) is 10.7 Å². The predicted molar refractivity (Wildman–Crippen MR) is 97.2 cm³/mol. The molecule has 1 aromatic carbocycles. The Morgan fingerprint density at radius 2 is 2.04 bits per heavy atom. The van der Waals surface area contributed by atoms with Crippen LogP contribution in [0.3, 0.4) is 0 Å². The van der Waals surface area contributed by atoms with Crippen molar-refractivity contribution >= 4 is 25.7 Å². The van der Waals surface area contributed by atoms with Gasteiger partial charge in [0.05, 0.1) is 12.6 Å². The largest absolute Gasteiger partial charge is 0.468 e. The van der Waals surface area contributed by atoms with Crippen LogP contribution < -0.4 is 5.43 Å². The smallest absolute Gasteiger partial charge is 0.318 e. The van der Waals surface area contributed by atoms with Crippen LogP contribution in [-0.4, -0.2) is 38.3 Å². The van der Waals surface area contributed by atoms with Crippen molar-refractivity contribution in [1.29, 1.82) is 0 Å². The minimum Gasteiger partial charge on any atom is -0.468 e. The van der Waals surface area contributed by atoms with E-state index < -0.39 is 5.41 Å². The number of carbonyl (C=O) groups is 1. The first-order valence-corrected chi connectivity index (χ1v) is 11.2. The number of carbonyl (C=O) groups excluding carboxylic acids is 1. The number of aromatic nitrogens is 2. The highest BCUT2D eigenvalue weighted by Gasteiger charge is 2.56. The molecule has 0 spiro atoms. The summed E-state index contributed by atoms with van der Waals surface area (Å²) < 4.78 is 12.4. The Kier molecular flexibility index (Phi) is 5.05. The SMILES string of the molecule is COC(=O)C1(c2nn(COCC[Si](C)C)c3ccccc3c2=O)CC1. The molecule has 1 aliphatic rings. The monoisotopic (exact) mass is 359 g/mol. The Morgan fingerprint density at radius 1 is 1.32 bits per heavy atom. The second-order valence-corrected chi connectivity index (χ2v) is 9.68. The first-order chi connectivity index (χ1) is 12.0. The van der Waals surface area contributed by atoms with Crippen LogP contribution in [0.5, 0.6) is 0 Å². The van der Waals surface area contributed by atoms with Gasteiger partial charge in [0, 0.05) is 20.8 Å². The van der Waals surface area contributed by atoms with E-state index in [0.29, 0.717) is 24.8 Å². The molecular weight excluding hydrogens is 336 g/mol. The van der Waals surface area contributed by atoms with Gasteiger partial charge in [-0.2, -0.15) is 5.10 Å². The Labute approximate surface area is 148 Å². The molecule has 1 aromatic heterocycles. The molecule has 0 amide bonds. The molecule has 25 heavy (non-hydrogen) atoms. The zero-order chi connectivity index (χ0) is 18.0. The number of methoxy groups -OCH3 is 1. The van der Waals surface area contributed by atoms with E-state index in [2.05, 4.69) is 18.2 Å². The minimum absolute atomic E-state index is 0.192. The van der Waals surface area contributed by atoms with Crippen LogP contribution in [0.15, 0.2) is 29.1 Å². The molecule has 0 N–H and O–H groups in total. The predicted octanol–water partition coefficient (Wildman–Crippen LogP) is 2.33. The quantitative estimate of drug-likeness (QED) is 0.431. The molecule has 7 heteroatoms. The molecule has 3 rings (SSSR count). The highest BCUT2D eigenvalue weighted by molar-refractivity contribution is 6.55. The lowest BCUT2D eigenvalue weighted by atomic mass is 10.0. The molecule has 0 saturated heterocycles. The summed E-state index contributed by atoms with van der Waals surface area (Å²) in [5, 5.41) is 5.06. The summed E-state index contributed by atoms with van der Waals surface area (Å²) in [5.41, 5.74) is -0.0872. The number of ether oxygens (including phenoxy) is 2. The van der Waals surface area contributed by atoms with Crippen LogP contribution >= 0.6 is 0 Å². The maximum absolute atomic E-state index is 12.9. The standard InChI is InChI=1S/C18H23N2O4Si/c1-23-17(22)18(8-9-18)16-15(21)13-6-4-5-7-14(13)20(19-16)12-24-10-11-25(2)3/h4-7H,8-12H2,1-3H3. The molecule has 0 bridgehead atoms. The van der Waals surface area contributed by atoms with E-state index >= 15 is 0 Å². The van der Waals surface area contributed by atoms with Crippen molar-refractivity contribution in [2.75, 3.05) is 13.7 Å². The average Bonchev–Trinajstić information content (AvgIpc) is 3.41. The maximum Gasteiger partial charge on any atom is 0.318 e. The fourth-order valence-electron chi connectivity index (χ4n) is 2.94. The first-order valence-electron chi connectivity index (χ1n) is 8.45. The van der Waals surface area contributed by atoms with Gasteiger partial charge in [0.2, 0.25) is 5.43 Å². The van der Waals surface area contributed by atoms with Gasteiger partial charge in [-0.1, -0.05) is 25.2 Å². The van der Waals surface area contributed by atoms with Gasteiger partial charge < -0.3 is 9.47 Å². The molecule has 1 radical (unpaired) electrons. The van der Waals surface area contributed by atoms with Crippen molar-refractivity contribution in [3.63, 3.8) is 0 Å². The van der Waals surface area contributed by atoms with E-state index in [0.717, 1.165) is 11.6 Å². The fourth-order valence-corrected chi connectivity index (χ4v) is 3.49. The summed E-state index contributed by atoms with van der Waals surface area (Å²) in [6.07, 6.45) is 1.19. The summed E-state index contributed by atoms with van der Waals surface area (Å²) in [7, 11) is 1.01. The second-order valence-electron chi connectivity index (χ2n) is 6.76. The molecule has 133 valence electrons. The lowest BCUT2D eigenvalue weighted by molar-refractivity contribution is -0.143. The third-order valence-electron chi connectivity index (χ3n) is 4.60. The molecule has 0 unspecified atom stereocenters. The zero-order valence-corrected chi connectivity index (χ0v) is 15.9. The van der Waals surface area contributed by atoms with Crippen molar-refractivity contribution in [2.24, 2.45) is 0 Å². The highest BCUT2D eigenvalue weighted by Crippen LogP contribution is 2.47. The fraction of sp³-hybridized carbons (Fsp3) is 0.500. The van der Waals surface area contributed by atoms with Gasteiger partial charge in [-0.15, -0.1) is 0 Å². The zero-order valence-electron chi connectivity index (χ0n) is 14.9. The highest BCUT2D eigenvalue weighted by atomic mass is 28.3. The number of hydrogen-bond donors (Lipinski definition) is 0. The van der Waals surface area contributed by atoms with Crippen LogP contribution in [0.2, 0.25) is 19.1 Å². The molecule has 0 aliphatic heterocycles. The van der Waals surface area contributed by atoms with Crippen LogP contribution in [0.25, 0.3) is 10.9 Å². The number of hydrogen-bond acceptors (Lipinski definition) is 5. The van der Waals surface area contributed by atoms with Crippen molar-refractivity contribution in [3.05, 3.63) is 40.2 Å². The lowest BCUT2D eigenvalue weighted by Gasteiger charge is -2.16. The normalized spacial score (nSPS) is 15.5. The van der Waals surface area contributed by atoms with Crippen molar-refractivity contribution in [2.45, 2.75) is 44.1 Å². The Balaban J connectivity index is 2.00. The molecule has 0 atom stereocenters. The number of nitrogens with zero attached hydrogens (tertiary/aromatic N) is 2. The van der Waals surface area contributed by atoms with E-state index in [1.165, 1.54) is 7.11 Å². The summed E-state index contributed by atoms with van der Waals surface area (Å²) in [6.45, 7) is 5.42. The summed E-state index contributed by atoms with van der Waals surface area (Å²) in [4.78, 5) is 25.1. The van der Waals surface area contributed by atoms with E-state index in [-0.39, 0.29) is 32.6 Å². The number of esters is 1. The molecule has 1 aliphatic carbocycles. The van der Waals surface area contributed by atoms with Crippen molar-refractivity contribution in [3.8, 4) is 0 Å². The Hall–Kier alpha value is -1.99. The van der Waals surface area contributed by atoms with Crippen molar-refractivity contribution < 1.29 is 14.3 Å². The molecule has 1 saturated carbocycles. The van der Waals surface area contributed by atoms with Gasteiger partial charge >= 0.3 is 5.97 Å². The molecule has 1 fully saturated rings. The van der Waals surface area contributed by atoms with Crippen LogP contribution in [0.1, 0.15) is 18.5 Å². The van der Waals surface area contributed by atoms with Gasteiger partial charge in [0.1, 0.15) is 17.8 Å². The van der Waals surface area contributed by atoms with E-state index in [1.807, 2.05) is 18.2 Å². The Morgan fingerprint density at radius 3 is 2.68 bits per heavy atom.